The van der Waals surface area contributed by atoms with Crippen LogP contribution in [0.25, 0.3) is 0 Å². The Balaban J connectivity index is 2.19. The summed E-state index contributed by atoms with van der Waals surface area (Å²) >= 11 is 0. The van der Waals surface area contributed by atoms with Gasteiger partial charge in [-0.05, 0) is 13.3 Å². The van der Waals surface area contributed by atoms with E-state index in [2.05, 4.69) is 43.9 Å². The molecule has 102 valence electrons. The molecule has 2 rings (SSSR count). The van der Waals surface area contributed by atoms with Crippen molar-refractivity contribution in [2.24, 2.45) is 12.8 Å². The van der Waals surface area contributed by atoms with Gasteiger partial charge in [-0.25, -0.2) is 0 Å². The topological polar surface area (TPSA) is 47.1 Å². The molecular formula is C14H26N4. The second-order valence-corrected chi connectivity index (χ2v) is 6.59. The molecular weight excluding hydrogens is 224 g/mol. The zero-order valence-corrected chi connectivity index (χ0v) is 12.3. The molecule has 0 aliphatic carbocycles. The fraction of sp³-hybridized carbons (Fsp3) is 0.786. The summed E-state index contributed by atoms with van der Waals surface area (Å²) in [6.45, 7) is 11.0. The number of nitrogens with zero attached hydrogens (tertiary/aromatic N) is 3. The molecule has 1 fully saturated rings. The van der Waals surface area contributed by atoms with Gasteiger partial charge in [0.2, 0.25) is 0 Å². The normalized spacial score (nSPS) is 25.9. The maximum atomic E-state index is 6.09. The Morgan fingerprint density at radius 1 is 1.44 bits per heavy atom. The predicted octanol–water partition coefficient (Wildman–Crippen LogP) is 1.64. The van der Waals surface area contributed by atoms with E-state index in [1.54, 1.807) is 0 Å². The number of aryl methyl sites for hydroxylation is 1. The second kappa shape index (κ2) is 4.67. The monoisotopic (exact) mass is 250 g/mol. The highest BCUT2D eigenvalue weighted by atomic mass is 15.3. The van der Waals surface area contributed by atoms with Crippen molar-refractivity contribution in [3.05, 3.63) is 17.5 Å². The Hall–Kier alpha value is -0.870. The highest BCUT2D eigenvalue weighted by Crippen LogP contribution is 2.27. The Labute approximate surface area is 110 Å². The number of likely N-dealkylation sites (tertiary alicyclic amines) is 1. The van der Waals surface area contributed by atoms with Crippen molar-refractivity contribution in [3.63, 3.8) is 0 Å². The highest BCUT2D eigenvalue weighted by molar-refractivity contribution is 5.24. The molecule has 2 unspecified atom stereocenters. The molecule has 0 radical (unpaired) electrons. The van der Waals surface area contributed by atoms with Crippen LogP contribution in [0.2, 0.25) is 0 Å². The van der Waals surface area contributed by atoms with Crippen LogP contribution in [0.15, 0.2) is 6.20 Å². The lowest BCUT2D eigenvalue weighted by molar-refractivity contribution is 0.250. The summed E-state index contributed by atoms with van der Waals surface area (Å²) in [4.78, 5) is 2.47. The maximum absolute atomic E-state index is 6.09. The van der Waals surface area contributed by atoms with Crippen molar-refractivity contribution in [1.29, 1.82) is 0 Å². The Bertz CT molecular complexity index is 416. The van der Waals surface area contributed by atoms with E-state index in [-0.39, 0.29) is 5.41 Å². The van der Waals surface area contributed by atoms with Gasteiger partial charge in [-0.1, -0.05) is 20.8 Å². The number of nitrogens with two attached hydrogens (primary N) is 1. The van der Waals surface area contributed by atoms with Gasteiger partial charge in [0, 0.05) is 49.4 Å². The third kappa shape index (κ3) is 2.59. The molecule has 1 aliphatic rings. The van der Waals surface area contributed by atoms with E-state index in [0.717, 1.165) is 19.5 Å². The van der Waals surface area contributed by atoms with Crippen molar-refractivity contribution >= 4 is 0 Å². The molecule has 1 aliphatic heterocycles. The minimum Gasteiger partial charge on any atom is -0.326 e. The maximum Gasteiger partial charge on any atom is 0.0722 e. The van der Waals surface area contributed by atoms with Crippen molar-refractivity contribution < 1.29 is 0 Å². The van der Waals surface area contributed by atoms with Crippen LogP contribution in [0.4, 0.5) is 0 Å². The van der Waals surface area contributed by atoms with Crippen molar-refractivity contribution in [2.45, 2.75) is 58.2 Å². The second-order valence-electron chi connectivity index (χ2n) is 6.59. The molecule has 0 bridgehead atoms. The first-order valence-corrected chi connectivity index (χ1v) is 6.81. The first-order chi connectivity index (χ1) is 8.29. The van der Waals surface area contributed by atoms with Gasteiger partial charge < -0.3 is 5.73 Å². The van der Waals surface area contributed by atoms with E-state index in [1.165, 1.54) is 11.3 Å². The van der Waals surface area contributed by atoms with Gasteiger partial charge in [-0.3, -0.25) is 9.58 Å². The lowest BCUT2D eigenvalue weighted by atomic mass is 9.89. The van der Waals surface area contributed by atoms with E-state index in [4.69, 9.17) is 5.73 Å². The van der Waals surface area contributed by atoms with Crippen LogP contribution >= 0.6 is 0 Å². The van der Waals surface area contributed by atoms with Crippen molar-refractivity contribution in [1.82, 2.24) is 14.7 Å². The SMILES string of the molecule is CC1C(N)CCN1Cc1cn(C)nc1C(C)(C)C. The van der Waals surface area contributed by atoms with Crippen LogP contribution in [0, 0.1) is 0 Å². The fourth-order valence-electron chi connectivity index (χ4n) is 2.76. The summed E-state index contributed by atoms with van der Waals surface area (Å²) < 4.78 is 1.93. The van der Waals surface area contributed by atoms with Gasteiger partial charge in [0.1, 0.15) is 0 Å². The Morgan fingerprint density at radius 2 is 2.11 bits per heavy atom. The number of hydrogen-bond donors (Lipinski definition) is 1. The predicted molar refractivity (Wildman–Crippen MR) is 74.4 cm³/mol. The van der Waals surface area contributed by atoms with Gasteiger partial charge in [0.05, 0.1) is 5.69 Å². The van der Waals surface area contributed by atoms with Crippen LogP contribution in [0.3, 0.4) is 0 Å². The van der Waals surface area contributed by atoms with Gasteiger partial charge in [0.25, 0.3) is 0 Å². The minimum atomic E-state index is 0.0989. The molecule has 1 aromatic rings. The molecule has 0 amide bonds. The van der Waals surface area contributed by atoms with E-state index in [1.807, 2.05) is 11.7 Å². The fourth-order valence-corrected chi connectivity index (χ4v) is 2.76. The average molecular weight is 250 g/mol. The van der Waals surface area contributed by atoms with Gasteiger partial charge in [-0.2, -0.15) is 5.10 Å². The molecule has 2 N–H and O–H groups in total. The lowest BCUT2D eigenvalue weighted by Gasteiger charge is -2.24. The van der Waals surface area contributed by atoms with Crippen molar-refractivity contribution in [3.8, 4) is 0 Å². The molecule has 0 saturated carbocycles. The van der Waals surface area contributed by atoms with Crippen LogP contribution in [0.1, 0.15) is 45.4 Å². The van der Waals surface area contributed by atoms with Gasteiger partial charge in [-0.15, -0.1) is 0 Å². The molecule has 0 aromatic carbocycles. The van der Waals surface area contributed by atoms with E-state index in [0.29, 0.717) is 12.1 Å². The van der Waals surface area contributed by atoms with Crippen molar-refractivity contribution in [2.75, 3.05) is 6.54 Å². The minimum absolute atomic E-state index is 0.0989. The standard InChI is InChI=1S/C14H26N4/c1-10-12(15)6-7-18(10)9-11-8-17(5)16-13(11)14(2,3)4/h8,10,12H,6-7,9,15H2,1-5H3. The third-order valence-corrected chi connectivity index (χ3v) is 3.93. The highest BCUT2D eigenvalue weighted by Gasteiger charge is 2.30. The van der Waals surface area contributed by atoms with Crippen LogP contribution in [-0.4, -0.2) is 33.3 Å². The summed E-state index contributed by atoms with van der Waals surface area (Å²) in [5.74, 6) is 0. The number of rotatable bonds is 2. The summed E-state index contributed by atoms with van der Waals surface area (Å²) in [5.41, 5.74) is 8.73. The summed E-state index contributed by atoms with van der Waals surface area (Å²) in [6, 6.07) is 0.790. The Kier molecular flexibility index (Phi) is 3.52. The van der Waals surface area contributed by atoms with Gasteiger partial charge in [0.15, 0.2) is 0 Å². The summed E-state index contributed by atoms with van der Waals surface area (Å²) in [5, 5.41) is 4.63. The smallest absolute Gasteiger partial charge is 0.0722 e. The zero-order chi connectivity index (χ0) is 13.5. The van der Waals surface area contributed by atoms with E-state index >= 15 is 0 Å². The molecule has 1 saturated heterocycles. The zero-order valence-electron chi connectivity index (χ0n) is 12.3. The first-order valence-electron chi connectivity index (χ1n) is 6.81. The van der Waals surface area contributed by atoms with Crippen LogP contribution in [-0.2, 0) is 19.0 Å². The van der Waals surface area contributed by atoms with E-state index < -0.39 is 0 Å². The Morgan fingerprint density at radius 3 is 2.61 bits per heavy atom. The average Bonchev–Trinajstić information content (AvgIpc) is 2.76. The molecule has 18 heavy (non-hydrogen) atoms. The quantitative estimate of drug-likeness (QED) is 0.868. The summed E-state index contributed by atoms with van der Waals surface area (Å²) in [6.07, 6.45) is 3.25. The van der Waals surface area contributed by atoms with Crippen LogP contribution in [0.5, 0.6) is 0 Å². The first kappa shape index (κ1) is 13.6. The molecule has 1 aromatic heterocycles. The molecule has 4 nitrogen and oxygen atoms in total. The van der Waals surface area contributed by atoms with Gasteiger partial charge >= 0.3 is 0 Å². The van der Waals surface area contributed by atoms with E-state index in [9.17, 15) is 0 Å². The molecule has 0 spiro atoms. The lowest BCUT2D eigenvalue weighted by Crippen LogP contribution is -2.36. The molecule has 2 atom stereocenters. The summed E-state index contributed by atoms with van der Waals surface area (Å²) in [7, 11) is 2.00. The number of aromatic nitrogens is 2. The third-order valence-electron chi connectivity index (χ3n) is 3.93. The number of hydrogen-bond acceptors (Lipinski definition) is 3. The molecule has 4 heteroatoms. The largest absolute Gasteiger partial charge is 0.326 e. The van der Waals surface area contributed by atoms with Crippen LogP contribution < -0.4 is 5.73 Å². The molecule has 2 heterocycles.